The van der Waals surface area contributed by atoms with Crippen LogP contribution in [-0.4, -0.2) is 48.1 Å². The number of hydrogen-bond acceptors (Lipinski definition) is 3. The number of piperidine rings is 1. The number of rotatable bonds is 6. The summed E-state index contributed by atoms with van der Waals surface area (Å²) in [7, 11) is 0. The van der Waals surface area contributed by atoms with E-state index in [0.717, 1.165) is 38.1 Å². The van der Waals surface area contributed by atoms with Crippen LogP contribution in [-0.2, 0) is 6.54 Å². The van der Waals surface area contributed by atoms with Gasteiger partial charge in [0.1, 0.15) is 0 Å². The minimum Gasteiger partial charge on any atom is -0.330 e. The van der Waals surface area contributed by atoms with E-state index in [1.54, 1.807) is 0 Å². The summed E-state index contributed by atoms with van der Waals surface area (Å²) in [5.74, 6) is 0. The van der Waals surface area contributed by atoms with Crippen LogP contribution >= 0.6 is 0 Å². The van der Waals surface area contributed by atoms with Crippen LogP contribution in [0.15, 0.2) is 30.3 Å². The van der Waals surface area contributed by atoms with E-state index < -0.39 is 0 Å². The molecule has 2 aliphatic heterocycles. The predicted octanol–water partition coefficient (Wildman–Crippen LogP) is 2.46. The van der Waals surface area contributed by atoms with Crippen molar-refractivity contribution in [3.05, 3.63) is 35.9 Å². The fourth-order valence-corrected chi connectivity index (χ4v) is 4.12. The molecule has 0 bridgehead atoms. The highest BCUT2D eigenvalue weighted by molar-refractivity contribution is 5.15. The lowest BCUT2D eigenvalue weighted by atomic mass is 9.97. The Bertz CT molecular complexity index is 420. The summed E-state index contributed by atoms with van der Waals surface area (Å²) in [4.78, 5) is 5.44. The van der Waals surface area contributed by atoms with E-state index in [2.05, 4.69) is 40.1 Å². The minimum absolute atomic E-state index is 0.733. The van der Waals surface area contributed by atoms with Crippen molar-refractivity contribution >= 4 is 0 Å². The molecular weight excluding hydrogens is 258 g/mol. The lowest BCUT2D eigenvalue weighted by Crippen LogP contribution is -2.47. The Kier molecular flexibility index (Phi) is 5.28. The summed E-state index contributed by atoms with van der Waals surface area (Å²) in [6.45, 7) is 5.63. The third-order valence-electron chi connectivity index (χ3n) is 5.17. The Morgan fingerprint density at radius 2 is 1.95 bits per heavy atom. The minimum atomic E-state index is 0.733. The lowest BCUT2D eigenvalue weighted by Gasteiger charge is -2.38. The molecule has 0 spiro atoms. The number of fused-ring (bicyclic) bond motifs is 1. The van der Waals surface area contributed by atoms with E-state index in [4.69, 9.17) is 5.73 Å². The summed E-state index contributed by atoms with van der Waals surface area (Å²) in [5, 5.41) is 0. The van der Waals surface area contributed by atoms with Gasteiger partial charge in [-0.1, -0.05) is 36.8 Å². The van der Waals surface area contributed by atoms with Crippen LogP contribution in [0.2, 0.25) is 0 Å². The molecule has 0 aliphatic carbocycles. The highest BCUT2D eigenvalue weighted by atomic mass is 15.3. The van der Waals surface area contributed by atoms with Gasteiger partial charge in [0, 0.05) is 31.7 Å². The van der Waals surface area contributed by atoms with Gasteiger partial charge in [-0.2, -0.15) is 0 Å². The van der Waals surface area contributed by atoms with E-state index in [-0.39, 0.29) is 0 Å². The van der Waals surface area contributed by atoms with Crippen LogP contribution in [0.3, 0.4) is 0 Å². The zero-order chi connectivity index (χ0) is 14.5. The van der Waals surface area contributed by atoms with Crippen LogP contribution in [0.5, 0.6) is 0 Å². The van der Waals surface area contributed by atoms with Crippen molar-refractivity contribution in [3.63, 3.8) is 0 Å². The van der Waals surface area contributed by atoms with Crippen LogP contribution in [0, 0.1) is 0 Å². The molecule has 0 saturated carbocycles. The number of hydrogen-bond donors (Lipinski definition) is 1. The van der Waals surface area contributed by atoms with Crippen LogP contribution < -0.4 is 5.73 Å². The third-order valence-corrected chi connectivity index (χ3v) is 5.17. The molecule has 2 aliphatic rings. The molecule has 3 rings (SSSR count). The first-order valence-corrected chi connectivity index (χ1v) is 8.60. The number of nitrogens with two attached hydrogens (primary N) is 1. The quantitative estimate of drug-likeness (QED) is 0.872. The van der Waals surface area contributed by atoms with Crippen LogP contribution in [0.1, 0.15) is 37.7 Å². The van der Waals surface area contributed by atoms with Gasteiger partial charge in [-0.15, -0.1) is 0 Å². The monoisotopic (exact) mass is 287 g/mol. The molecule has 116 valence electrons. The summed E-state index contributed by atoms with van der Waals surface area (Å²) >= 11 is 0. The van der Waals surface area contributed by atoms with Crippen molar-refractivity contribution in [2.75, 3.05) is 26.2 Å². The van der Waals surface area contributed by atoms with Crippen molar-refractivity contribution in [1.82, 2.24) is 9.80 Å². The molecule has 0 radical (unpaired) electrons. The van der Waals surface area contributed by atoms with Gasteiger partial charge in [0.05, 0.1) is 0 Å². The summed E-state index contributed by atoms with van der Waals surface area (Å²) in [6.07, 6.45) is 6.63. The molecule has 3 heteroatoms. The predicted molar refractivity (Wildman–Crippen MR) is 88.1 cm³/mol. The molecule has 0 aromatic heterocycles. The topological polar surface area (TPSA) is 32.5 Å². The van der Waals surface area contributed by atoms with Crippen molar-refractivity contribution in [3.8, 4) is 0 Å². The summed E-state index contributed by atoms with van der Waals surface area (Å²) in [5.41, 5.74) is 7.20. The van der Waals surface area contributed by atoms with Crippen molar-refractivity contribution in [1.29, 1.82) is 0 Å². The largest absolute Gasteiger partial charge is 0.330 e. The van der Waals surface area contributed by atoms with Gasteiger partial charge < -0.3 is 5.73 Å². The van der Waals surface area contributed by atoms with Crippen LogP contribution in [0.4, 0.5) is 0 Å². The first-order chi connectivity index (χ1) is 10.4. The van der Waals surface area contributed by atoms with Gasteiger partial charge in [-0.05, 0) is 44.3 Å². The molecule has 2 N–H and O–H groups in total. The smallest absolute Gasteiger partial charge is 0.0267 e. The Morgan fingerprint density at radius 1 is 1.10 bits per heavy atom. The van der Waals surface area contributed by atoms with Crippen molar-refractivity contribution in [2.45, 2.75) is 50.7 Å². The maximum Gasteiger partial charge on any atom is 0.0267 e. The van der Waals surface area contributed by atoms with Gasteiger partial charge in [-0.25, -0.2) is 0 Å². The number of nitrogens with zero attached hydrogens (tertiary/aromatic N) is 2. The fourth-order valence-electron chi connectivity index (χ4n) is 4.12. The van der Waals surface area contributed by atoms with Gasteiger partial charge in [0.25, 0.3) is 0 Å². The zero-order valence-electron chi connectivity index (χ0n) is 13.1. The zero-order valence-corrected chi connectivity index (χ0v) is 13.1. The molecular formula is C18H29N3. The molecule has 2 fully saturated rings. The van der Waals surface area contributed by atoms with Crippen molar-refractivity contribution in [2.24, 2.45) is 5.73 Å². The molecule has 3 nitrogen and oxygen atoms in total. The molecule has 21 heavy (non-hydrogen) atoms. The van der Waals surface area contributed by atoms with Gasteiger partial charge in [-0.3, -0.25) is 9.80 Å². The van der Waals surface area contributed by atoms with Gasteiger partial charge >= 0.3 is 0 Å². The summed E-state index contributed by atoms with van der Waals surface area (Å²) in [6, 6.07) is 12.4. The Hall–Kier alpha value is -0.900. The van der Waals surface area contributed by atoms with Gasteiger partial charge in [0.2, 0.25) is 0 Å². The fraction of sp³-hybridized carbons (Fsp3) is 0.667. The Balaban J connectivity index is 1.69. The molecule has 2 atom stereocenters. The average molecular weight is 287 g/mol. The maximum atomic E-state index is 5.76. The maximum absolute atomic E-state index is 5.76. The normalized spacial score (nSPS) is 26.2. The van der Waals surface area contributed by atoms with Crippen LogP contribution in [0.25, 0.3) is 0 Å². The third kappa shape index (κ3) is 3.65. The van der Waals surface area contributed by atoms with Gasteiger partial charge in [0.15, 0.2) is 0 Å². The standard InChI is InChI=1S/C18H29N3/c19-11-6-13-21(15-16-7-2-1-3-8-16)18-10-14-20-12-5-4-9-17(18)20/h1-3,7-8,17-18H,4-6,9-15,19H2. The van der Waals surface area contributed by atoms with E-state index in [0.29, 0.717) is 0 Å². The molecule has 2 unspecified atom stereocenters. The average Bonchev–Trinajstić information content (AvgIpc) is 2.96. The summed E-state index contributed by atoms with van der Waals surface area (Å²) < 4.78 is 0. The molecule has 1 aromatic rings. The molecule has 1 aromatic carbocycles. The van der Waals surface area contributed by atoms with E-state index >= 15 is 0 Å². The molecule has 2 heterocycles. The Morgan fingerprint density at radius 3 is 2.76 bits per heavy atom. The van der Waals surface area contributed by atoms with Crippen molar-refractivity contribution < 1.29 is 0 Å². The van der Waals surface area contributed by atoms with E-state index in [1.807, 2.05) is 0 Å². The Labute approximate surface area is 129 Å². The highest BCUT2D eigenvalue weighted by Crippen LogP contribution is 2.31. The second-order valence-electron chi connectivity index (χ2n) is 6.55. The lowest BCUT2D eigenvalue weighted by molar-refractivity contribution is 0.108. The SMILES string of the molecule is NCCCN(Cc1ccccc1)C1CCN2CCCCC12. The first kappa shape index (κ1) is 15.0. The number of benzene rings is 1. The van der Waals surface area contributed by atoms with E-state index in [9.17, 15) is 0 Å². The molecule has 2 saturated heterocycles. The second kappa shape index (κ2) is 7.39. The first-order valence-electron chi connectivity index (χ1n) is 8.60. The molecule has 0 amide bonds. The van der Waals surface area contributed by atoms with E-state index in [1.165, 1.54) is 44.3 Å². The second-order valence-corrected chi connectivity index (χ2v) is 6.55. The highest BCUT2D eigenvalue weighted by Gasteiger charge is 2.38.